The third-order valence-electron chi connectivity index (χ3n) is 5.74. The fourth-order valence-electron chi connectivity index (χ4n) is 3.90. The Balaban J connectivity index is 1.69. The lowest BCUT2D eigenvalue weighted by Crippen LogP contribution is -2.32. The van der Waals surface area contributed by atoms with Gasteiger partial charge in [0.05, 0.1) is 22.3 Å². The normalized spacial score (nSPS) is 10.5. The summed E-state index contributed by atoms with van der Waals surface area (Å²) in [6, 6.07) is 21.0. The number of aromatic carboxylic acids is 3. The molecule has 4 rings (SSSR count). The van der Waals surface area contributed by atoms with Crippen molar-refractivity contribution in [2.45, 2.75) is 13.1 Å². The van der Waals surface area contributed by atoms with Gasteiger partial charge in [-0.25, -0.2) is 14.4 Å². The van der Waals surface area contributed by atoms with Crippen LogP contribution in [-0.4, -0.2) is 49.0 Å². The predicted molar refractivity (Wildman–Crippen MR) is 138 cm³/mol. The smallest absolute Gasteiger partial charge is 0.336 e. The fourth-order valence-corrected chi connectivity index (χ4v) is 3.90. The first-order valence-electron chi connectivity index (χ1n) is 11.6. The van der Waals surface area contributed by atoms with Gasteiger partial charge in [-0.1, -0.05) is 36.4 Å². The molecule has 3 N–H and O–H groups in total. The number of rotatable bonds is 10. The molecule has 0 radical (unpaired) electrons. The zero-order chi connectivity index (χ0) is 27.9. The van der Waals surface area contributed by atoms with Crippen LogP contribution in [0, 0.1) is 0 Å². The Morgan fingerprint density at radius 3 is 1.74 bits per heavy atom. The quantitative estimate of drug-likeness (QED) is 0.264. The summed E-state index contributed by atoms with van der Waals surface area (Å²) in [4.78, 5) is 54.4. The van der Waals surface area contributed by atoms with Crippen LogP contribution in [0.3, 0.4) is 0 Å². The summed E-state index contributed by atoms with van der Waals surface area (Å²) < 4.78 is 5.80. The van der Waals surface area contributed by atoms with E-state index in [2.05, 4.69) is 4.98 Å². The number of hydrogen-bond acceptors (Lipinski definition) is 6. The van der Waals surface area contributed by atoms with Crippen LogP contribution in [0.15, 0.2) is 91.3 Å². The van der Waals surface area contributed by atoms with Crippen molar-refractivity contribution in [3.8, 4) is 11.5 Å². The maximum absolute atomic E-state index is 13.7. The van der Waals surface area contributed by atoms with E-state index in [1.54, 1.807) is 48.8 Å². The van der Waals surface area contributed by atoms with Crippen molar-refractivity contribution in [1.29, 1.82) is 0 Å². The van der Waals surface area contributed by atoms with Crippen molar-refractivity contribution < 1.29 is 39.2 Å². The van der Waals surface area contributed by atoms with Crippen LogP contribution in [0.5, 0.6) is 11.5 Å². The van der Waals surface area contributed by atoms with E-state index < -0.39 is 46.1 Å². The van der Waals surface area contributed by atoms with E-state index in [0.29, 0.717) is 28.7 Å². The molecule has 4 aromatic rings. The number of carbonyl (C=O) groups is 4. The average molecular weight is 527 g/mol. The number of nitrogens with zero attached hydrogens (tertiary/aromatic N) is 2. The van der Waals surface area contributed by atoms with Gasteiger partial charge in [-0.3, -0.25) is 9.78 Å². The van der Waals surface area contributed by atoms with Crippen molar-refractivity contribution in [3.05, 3.63) is 125 Å². The molecule has 0 saturated carbocycles. The number of amides is 1. The van der Waals surface area contributed by atoms with E-state index in [-0.39, 0.29) is 13.1 Å². The molecule has 0 saturated heterocycles. The molecule has 1 amide bonds. The van der Waals surface area contributed by atoms with Crippen LogP contribution in [0.1, 0.15) is 52.6 Å². The van der Waals surface area contributed by atoms with Gasteiger partial charge < -0.3 is 25.0 Å². The number of carboxylic acids is 3. The zero-order valence-electron chi connectivity index (χ0n) is 20.4. The molecule has 0 aliphatic heterocycles. The van der Waals surface area contributed by atoms with Crippen LogP contribution in [0.4, 0.5) is 0 Å². The molecule has 0 bridgehead atoms. The molecule has 39 heavy (non-hydrogen) atoms. The maximum atomic E-state index is 13.7. The fraction of sp³-hybridized carbons (Fsp3) is 0.0690. The lowest BCUT2D eigenvalue weighted by atomic mass is 9.97. The number of hydrogen-bond donors (Lipinski definition) is 3. The van der Waals surface area contributed by atoms with Crippen molar-refractivity contribution >= 4 is 23.8 Å². The predicted octanol–water partition coefficient (Wildman–Crippen LogP) is 4.81. The first-order valence-corrected chi connectivity index (χ1v) is 11.6. The molecule has 1 aromatic heterocycles. The van der Waals surface area contributed by atoms with Crippen LogP contribution >= 0.6 is 0 Å². The van der Waals surface area contributed by atoms with E-state index in [9.17, 15) is 34.5 Å². The summed E-state index contributed by atoms with van der Waals surface area (Å²) >= 11 is 0. The summed E-state index contributed by atoms with van der Waals surface area (Å²) in [6.45, 7) is 0.0541. The minimum atomic E-state index is -1.63. The van der Waals surface area contributed by atoms with Gasteiger partial charge >= 0.3 is 17.9 Å². The zero-order valence-corrected chi connectivity index (χ0v) is 20.4. The van der Waals surface area contributed by atoms with Gasteiger partial charge in [0.15, 0.2) is 0 Å². The Morgan fingerprint density at radius 1 is 0.641 bits per heavy atom. The first kappa shape index (κ1) is 26.6. The molecule has 1 heterocycles. The van der Waals surface area contributed by atoms with Gasteiger partial charge in [-0.2, -0.15) is 0 Å². The molecule has 0 fully saturated rings. The summed E-state index contributed by atoms with van der Waals surface area (Å²) in [5.74, 6) is -4.37. The third kappa shape index (κ3) is 6.44. The van der Waals surface area contributed by atoms with Crippen LogP contribution in [-0.2, 0) is 13.1 Å². The van der Waals surface area contributed by atoms with Gasteiger partial charge in [-0.15, -0.1) is 0 Å². The first-order chi connectivity index (χ1) is 18.7. The molecule has 10 heteroatoms. The molecule has 0 aliphatic rings. The number of pyridine rings is 1. The number of carbonyl (C=O) groups excluding carboxylic acids is 1. The SMILES string of the molecule is O=C(O)c1cc(C(=O)O)c(C(=O)N(Cc2ccc(Oc3ccccc3)cc2)Cc2cccnc2)cc1C(=O)O. The molecule has 3 aromatic carbocycles. The second kappa shape index (κ2) is 11.7. The monoisotopic (exact) mass is 526 g/mol. The lowest BCUT2D eigenvalue weighted by molar-refractivity contribution is 0.0643. The molecule has 0 aliphatic carbocycles. The number of para-hydroxylation sites is 1. The Kier molecular flexibility index (Phi) is 7.96. The highest BCUT2D eigenvalue weighted by atomic mass is 16.5. The Hall–Kier alpha value is -5.51. The topological polar surface area (TPSA) is 154 Å². The summed E-state index contributed by atoms with van der Waals surface area (Å²) in [6.07, 6.45) is 3.11. The van der Waals surface area contributed by atoms with Crippen LogP contribution in [0.2, 0.25) is 0 Å². The molecule has 10 nitrogen and oxygen atoms in total. The van der Waals surface area contributed by atoms with Crippen molar-refractivity contribution in [2.75, 3.05) is 0 Å². The largest absolute Gasteiger partial charge is 0.478 e. The molecule has 196 valence electrons. The average Bonchev–Trinajstić information content (AvgIpc) is 2.93. The van der Waals surface area contributed by atoms with Crippen LogP contribution < -0.4 is 4.74 Å². The van der Waals surface area contributed by atoms with Gasteiger partial charge in [0.1, 0.15) is 11.5 Å². The van der Waals surface area contributed by atoms with Crippen molar-refractivity contribution in [3.63, 3.8) is 0 Å². The van der Waals surface area contributed by atoms with E-state index in [1.807, 2.05) is 30.3 Å². The van der Waals surface area contributed by atoms with E-state index >= 15 is 0 Å². The van der Waals surface area contributed by atoms with Gasteiger partial charge in [0.2, 0.25) is 0 Å². The second-order valence-electron chi connectivity index (χ2n) is 8.44. The Morgan fingerprint density at radius 2 is 1.18 bits per heavy atom. The maximum Gasteiger partial charge on any atom is 0.336 e. The minimum absolute atomic E-state index is 0.0249. The Labute approximate surface area is 222 Å². The highest BCUT2D eigenvalue weighted by Crippen LogP contribution is 2.24. The molecule has 0 spiro atoms. The van der Waals surface area contributed by atoms with E-state index in [0.717, 1.165) is 6.07 Å². The molecular formula is C29H22N2O8. The number of ether oxygens (including phenoxy) is 1. The highest BCUT2D eigenvalue weighted by Gasteiger charge is 2.28. The Bertz CT molecular complexity index is 1520. The van der Waals surface area contributed by atoms with E-state index in [4.69, 9.17) is 4.74 Å². The number of benzene rings is 3. The van der Waals surface area contributed by atoms with E-state index in [1.165, 1.54) is 4.90 Å². The standard InChI is InChI=1S/C29H22N2O8/c32-26(22-13-24(28(35)36)25(29(37)38)14-23(22)27(33)34)31(17-19-5-4-12-30-15-19)16-18-8-10-21(11-9-18)39-20-6-2-1-3-7-20/h1-15H,16-17H2,(H,33,34)(H,35,36)(H,37,38). The van der Waals surface area contributed by atoms with Gasteiger partial charge in [0.25, 0.3) is 5.91 Å². The second-order valence-corrected chi connectivity index (χ2v) is 8.44. The van der Waals surface area contributed by atoms with Gasteiger partial charge in [-0.05, 0) is 53.6 Å². The molecular weight excluding hydrogens is 504 g/mol. The molecule has 0 atom stereocenters. The minimum Gasteiger partial charge on any atom is -0.478 e. The number of aromatic nitrogens is 1. The van der Waals surface area contributed by atoms with Crippen LogP contribution in [0.25, 0.3) is 0 Å². The third-order valence-corrected chi connectivity index (χ3v) is 5.74. The highest BCUT2D eigenvalue weighted by molar-refractivity contribution is 6.10. The summed E-state index contributed by atoms with van der Waals surface area (Å²) in [7, 11) is 0. The number of carboxylic acid groups (broad SMARTS) is 3. The van der Waals surface area contributed by atoms with Gasteiger partial charge in [0, 0.05) is 25.5 Å². The summed E-state index contributed by atoms with van der Waals surface area (Å²) in [5, 5.41) is 28.7. The van der Waals surface area contributed by atoms with Crippen molar-refractivity contribution in [2.24, 2.45) is 0 Å². The summed E-state index contributed by atoms with van der Waals surface area (Å²) in [5.41, 5.74) is -1.16. The lowest BCUT2D eigenvalue weighted by Gasteiger charge is -2.24. The molecule has 0 unspecified atom stereocenters. The van der Waals surface area contributed by atoms with Crippen molar-refractivity contribution in [1.82, 2.24) is 9.88 Å².